The normalized spacial score (nSPS) is 16.4. The number of benzene rings is 2. The number of ether oxygens (including phenoxy) is 3. The minimum atomic E-state index is -5.02. The fraction of sp³-hybridized carbons (Fsp3) is 0.357. The Bertz CT molecular complexity index is 2460. The largest absolute Gasteiger partial charge is 0.737 e. The number of hydrogen-bond acceptors (Lipinski definition) is 7. The van der Waals surface area contributed by atoms with Gasteiger partial charge in [-0.3, -0.25) is 19.1 Å². The van der Waals surface area contributed by atoms with Crippen molar-refractivity contribution in [3.05, 3.63) is 106 Å². The van der Waals surface area contributed by atoms with Gasteiger partial charge in [0.2, 0.25) is 5.91 Å². The molecule has 0 unspecified atom stereocenters. The molecule has 0 spiro atoms. The van der Waals surface area contributed by atoms with E-state index in [1.807, 2.05) is 0 Å². The lowest BCUT2D eigenvalue weighted by molar-refractivity contribution is -0.362. The van der Waals surface area contributed by atoms with Crippen LogP contribution in [0.2, 0.25) is 0 Å². The Kier molecular flexibility index (Phi) is 12.1. The summed E-state index contributed by atoms with van der Waals surface area (Å²) in [4.78, 5) is 41.8. The summed E-state index contributed by atoms with van der Waals surface area (Å²) in [5.41, 5.74) is 3.42. The highest BCUT2D eigenvalue weighted by atomic mass is 19.4. The minimum Gasteiger partial charge on any atom is -0.493 e. The lowest BCUT2D eigenvalue weighted by Crippen LogP contribution is -2.50. The van der Waals surface area contributed by atoms with E-state index in [0.717, 1.165) is 20.6 Å². The van der Waals surface area contributed by atoms with Gasteiger partial charge in [0.15, 0.2) is 17.2 Å². The summed E-state index contributed by atoms with van der Waals surface area (Å²) in [6, 6.07) is 10.8. The molecule has 0 aliphatic carbocycles. The van der Waals surface area contributed by atoms with Crippen LogP contribution in [-0.2, 0) is 11.3 Å². The van der Waals surface area contributed by atoms with Crippen LogP contribution in [-0.4, -0.2) is 82.8 Å². The average Bonchev–Trinajstić information content (AvgIpc) is 3.93. The van der Waals surface area contributed by atoms with Crippen LogP contribution < -0.4 is 29.7 Å². The summed E-state index contributed by atoms with van der Waals surface area (Å²) in [5.74, 6) is -1.29. The molecule has 3 aliphatic heterocycles. The molecule has 4 aromatic rings. The Morgan fingerprint density at radius 2 is 1.74 bits per heavy atom. The molecule has 0 saturated heterocycles. The number of anilines is 1. The molecule has 2 aromatic carbocycles. The van der Waals surface area contributed by atoms with Crippen molar-refractivity contribution in [2.75, 3.05) is 32.2 Å². The van der Waals surface area contributed by atoms with Crippen LogP contribution in [0.4, 0.5) is 27.5 Å². The number of nitrogens with one attached hydrogen (secondary N) is 2. The van der Waals surface area contributed by atoms with Crippen LogP contribution in [0.15, 0.2) is 72.6 Å². The lowest BCUT2D eigenvalue weighted by atomic mass is 9.90. The van der Waals surface area contributed by atoms with Crippen LogP contribution in [0.3, 0.4) is 0 Å². The smallest absolute Gasteiger partial charge is 0.493 e. The van der Waals surface area contributed by atoms with Crippen molar-refractivity contribution in [3.8, 4) is 17.2 Å². The van der Waals surface area contributed by atoms with Gasteiger partial charge in [-0.05, 0) is 87.2 Å². The SMILES string of the molecule is COc1ccc(C(=O)N2CC[C@H](NC(=O)c3ccccc3OC(F)(F)F)c3c2cnn3CCCCCNC(=O)CCC2=[N+]3C(=Cc4c(C)cc(C)n4[B-]3(F)F)C=C2)cc1OC. The summed E-state index contributed by atoms with van der Waals surface area (Å²) >= 11 is 0. The van der Waals surface area contributed by atoms with E-state index in [1.54, 1.807) is 61.0 Å². The number of para-hydroxylation sites is 1. The zero-order valence-corrected chi connectivity index (χ0v) is 34.0. The van der Waals surface area contributed by atoms with Gasteiger partial charge < -0.3 is 47.3 Å². The van der Waals surface area contributed by atoms with Gasteiger partial charge in [-0.1, -0.05) is 12.1 Å². The number of fused-ring (bicyclic) bond motifs is 3. The highest BCUT2D eigenvalue weighted by molar-refractivity contribution is 6.58. The van der Waals surface area contributed by atoms with E-state index in [4.69, 9.17) is 9.47 Å². The first-order chi connectivity index (χ1) is 29.1. The highest BCUT2D eigenvalue weighted by Crippen LogP contribution is 2.38. The Morgan fingerprint density at radius 1 is 0.967 bits per heavy atom. The van der Waals surface area contributed by atoms with Gasteiger partial charge in [-0.15, -0.1) is 13.2 Å². The molecule has 322 valence electrons. The zero-order chi connectivity index (χ0) is 43.6. The van der Waals surface area contributed by atoms with Gasteiger partial charge >= 0.3 is 13.3 Å². The van der Waals surface area contributed by atoms with Crippen LogP contribution in [0.5, 0.6) is 17.2 Å². The second-order valence-electron chi connectivity index (χ2n) is 15.0. The van der Waals surface area contributed by atoms with E-state index in [-0.39, 0.29) is 43.2 Å². The number of amides is 3. The number of hydrogen-bond donors (Lipinski definition) is 2. The van der Waals surface area contributed by atoms with Gasteiger partial charge in [0, 0.05) is 62.0 Å². The summed E-state index contributed by atoms with van der Waals surface area (Å²) < 4.78 is 89.7. The first kappa shape index (κ1) is 42.7. The van der Waals surface area contributed by atoms with E-state index < -0.39 is 31.0 Å². The highest BCUT2D eigenvalue weighted by Gasteiger charge is 2.52. The van der Waals surface area contributed by atoms with Gasteiger partial charge in [0.1, 0.15) is 11.5 Å². The molecule has 0 radical (unpaired) electrons. The molecule has 2 aromatic heterocycles. The summed E-state index contributed by atoms with van der Waals surface area (Å²) in [7, 11) is 2.93. The number of aromatic nitrogens is 3. The molecular formula is C42H45BF5N7O6. The fourth-order valence-electron chi connectivity index (χ4n) is 8.24. The third-order valence-corrected chi connectivity index (χ3v) is 11.0. The molecule has 1 atom stereocenters. The maximum Gasteiger partial charge on any atom is 0.737 e. The molecule has 3 amide bonds. The average molecular weight is 850 g/mol. The second-order valence-corrected chi connectivity index (χ2v) is 15.0. The number of aryl methyl sites for hydroxylation is 3. The predicted molar refractivity (Wildman–Crippen MR) is 217 cm³/mol. The molecule has 61 heavy (non-hydrogen) atoms. The number of halogens is 5. The van der Waals surface area contributed by atoms with E-state index in [1.165, 1.54) is 43.5 Å². The van der Waals surface area contributed by atoms with Gasteiger partial charge in [-0.25, -0.2) is 0 Å². The second kappa shape index (κ2) is 17.3. The Hall–Kier alpha value is -6.40. The van der Waals surface area contributed by atoms with Crippen LogP contribution in [0.1, 0.15) is 87.9 Å². The van der Waals surface area contributed by atoms with Crippen molar-refractivity contribution < 1.29 is 54.9 Å². The number of nitrogens with zero attached hydrogens (tertiary/aromatic N) is 5. The summed E-state index contributed by atoms with van der Waals surface area (Å²) in [6.07, 6.45) is 3.76. The van der Waals surface area contributed by atoms with E-state index in [2.05, 4.69) is 20.5 Å². The first-order valence-corrected chi connectivity index (χ1v) is 19.9. The first-order valence-electron chi connectivity index (χ1n) is 19.9. The van der Waals surface area contributed by atoms with Crippen molar-refractivity contribution in [2.45, 2.75) is 71.3 Å². The number of allylic oxidation sites excluding steroid dienone is 2. The van der Waals surface area contributed by atoms with E-state index in [9.17, 15) is 27.6 Å². The third kappa shape index (κ3) is 8.77. The number of alkyl halides is 3. The predicted octanol–water partition coefficient (Wildman–Crippen LogP) is 7.11. The molecule has 5 heterocycles. The molecule has 7 rings (SSSR count). The molecule has 19 heteroatoms. The maximum atomic E-state index is 15.8. The molecule has 0 bridgehead atoms. The minimum absolute atomic E-state index is 0.0318. The summed E-state index contributed by atoms with van der Waals surface area (Å²) in [6.45, 7) is 0.212. The van der Waals surface area contributed by atoms with Gasteiger partial charge in [0.05, 0.1) is 43.4 Å². The molecule has 2 N–H and O–H groups in total. The standard InChI is InChI=1S/C42H45BF5N7O6/c1-26-22-27(2)54-33(26)24-30-14-13-29(55(30)43(54,47)48)15-17-38(56)49-19-8-5-9-20-53-39-32(51-40(57)31-10-6-7-11-35(31)61-42(44,45)46)18-21-52(34(39)25-50-53)41(58)28-12-16-36(59-3)37(23-28)60-4/h6-7,10-14,16,22-25,32H,5,8-9,15,17-21H2,1-4H3,(H,49,56)(H,51,57)/t32-/m0/s1. The van der Waals surface area contributed by atoms with Crippen LogP contribution in [0, 0.1) is 13.8 Å². The topological polar surface area (TPSA) is 132 Å². The maximum absolute atomic E-state index is 15.8. The number of methoxy groups -OCH3 is 2. The third-order valence-electron chi connectivity index (χ3n) is 11.0. The Balaban J connectivity index is 0.991. The monoisotopic (exact) mass is 849 g/mol. The van der Waals surface area contributed by atoms with Crippen LogP contribution in [0.25, 0.3) is 6.08 Å². The van der Waals surface area contributed by atoms with Crippen molar-refractivity contribution in [1.82, 2.24) is 24.9 Å². The number of unbranched alkanes of at least 4 members (excludes halogenated alkanes) is 2. The Morgan fingerprint density at radius 3 is 2.49 bits per heavy atom. The quantitative estimate of drug-likeness (QED) is 0.0741. The molecule has 3 aliphatic rings. The van der Waals surface area contributed by atoms with Gasteiger partial charge in [-0.2, -0.15) is 5.10 Å². The van der Waals surface area contributed by atoms with Crippen molar-refractivity contribution >= 4 is 42.2 Å². The number of carbonyl (C=O) groups is 3. The molecule has 0 fully saturated rings. The van der Waals surface area contributed by atoms with E-state index >= 15 is 8.63 Å². The van der Waals surface area contributed by atoms with Crippen molar-refractivity contribution in [1.29, 1.82) is 0 Å². The number of rotatable bonds is 15. The molecule has 0 saturated carbocycles. The zero-order valence-electron chi connectivity index (χ0n) is 34.0. The van der Waals surface area contributed by atoms with Crippen molar-refractivity contribution in [2.24, 2.45) is 0 Å². The van der Waals surface area contributed by atoms with Crippen molar-refractivity contribution in [3.63, 3.8) is 0 Å². The lowest BCUT2D eigenvalue weighted by Gasteiger charge is -2.33. The Labute approximate surface area is 348 Å². The molecule has 13 nitrogen and oxygen atoms in total. The van der Waals surface area contributed by atoms with Gasteiger partial charge in [0.25, 0.3) is 11.8 Å². The number of carbonyl (C=O) groups excluding carboxylic acids is 3. The van der Waals surface area contributed by atoms with E-state index in [0.29, 0.717) is 83.6 Å². The summed E-state index contributed by atoms with van der Waals surface area (Å²) in [5, 5.41) is 10.3. The fourth-order valence-corrected chi connectivity index (χ4v) is 8.24. The molecular weight excluding hydrogens is 804 g/mol. The van der Waals surface area contributed by atoms with Crippen LogP contribution >= 0.6 is 0 Å².